The van der Waals surface area contributed by atoms with Crippen LogP contribution in [0.4, 0.5) is 11.8 Å². The summed E-state index contributed by atoms with van der Waals surface area (Å²) in [5.74, 6) is 0.956. The Morgan fingerprint density at radius 2 is 2.26 bits per heavy atom. The van der Waals surface area contributed by atoms with Crippen molar-refractivity contribution in [1.29, 1.82) is 0 Å². The molecule has 7 nitrogen and oxygen atoms in total. The van der Waals surface area contributed by atoms with Crippen LogP contribution in [0.2, 0.25) is 0 Å². The maximum atomic E-state index is 12.5. The number of aryl methyl sites for hydroxylation is 1. The van der Waals surface area contributed by atoms with Crippen LogP contribution < -0.4 is 10.2 Å². The van der Waals surface area contributed by atoms with Gasteiger partial charge in [0.15, 0.2) is 11.4 Å². The lowest BCUT2D eigenvalue weighted by Gasteiger charge is -2.21. The number of nitrogens with zero attached hydrogens (tertiary/aromatic N) is 3. The van der Waals surface area contributed by atoms with Gasteiger partial charge in [0.05, 0.1) is 0 Å². The molecule has 0 bridgehead atoms. The van der Waals surface area contributed by atoms with E-state index < -0.39 is 0 Å². The Labute approximate surface area is 132 Å². The first-order chi connectivity index (χ1) is 11.2. The molecule has 1 N–H and O–H groups in total. The molecule has 118 valence electrons. The topological polar surface area (TPSA) is 84.4 Å². The summed E-state index contributed by atoms with van der Waals surface area (Å²) in [5.41, 5.74) is 1.52. The van der Waals surface area contributed by atoms with Crippen molar-refractivity contribution in [2.24, 2.45) is 0 Å². The molecule has 0 saturated carbocycles. The number of hydrogen-bond donors (Lipinski definition) is 1. The van der Waals surface area contributed by atoms with Crippen molar-refractivity contribution < 1.29 is 13.7 Å². The highest BCUT2D eigenvalue weighted by molar-refractivity contribution is 5.96. The molecule has 4 rings (SSSR count). The number of carbonyl (C=O) groups excluding carboxylic acids is 1. The molecule has 1 aromatic carbocycles. The standard InChI is InChI=1S/C16H16N4O3/c1-10-9-14(19-23-10)18-15(21)12-6-4-8-20(12)16-17-11-5-2-3-7-13(11)22-16/h2-3,5,7,9,12H,4,6,8H2,1H3,(H,18,19,21)/t12-/m0/s1. The van der Waals surface area contributed by atoms with E-state index in [9.17, 15) is 4.79 Å². The third kappa shape index (κ3) is 2.54. The minimum atomic E-state index is -0.319. The number of para-hydroxylation sites is 2. The van der Waals surface area contributed by atoms with E-state index >= 15 is 0 Å². The van der Waals surface area contributed by atoms with Gasteiger partial charge in [-0.15, -0.1) is 0 Å². The van der Waals surface area contributed by atoms with Crippen molar-refractivity contribution in [3.05, 3.63) is 36.1 Å². The second-order valence-electron chi connectivity index (χ2n) is 5.63. The predicted molar refractivity (Wildman–Crippen MR) is 84.2 cm³/mol. The average Bonchev–Trinajstić information content (AvgIpc) is 3.24. The van der Waals surface area contributed by atoms with E-state index in [1.807, 2.05) is 29.2 Å². The SMILES string of the molecule is Cc1cc(NC(=O)[C@@H]2CCCN2c2nc3ccccc3o2)no1. The van der Waals surface area contributed by atoms with Gasteiger partial charge in [-0.2, -0.15) is 4.98 Å². The second kappa shape index (κ2) is 5.42. The Kier molecular flexibility index (Phi) is 3.25. The smallest absolute Gasteiger partial charge is 0.299 e. The fourth-order valence-electron chi connectivity index (χ4n) is 2.89. The summed E-state index contributed by atoms with van der Waals surface area (Å²) in [5, 5.41) is 6.58. The van der Waals surface area contributed by atoms with Gasteiger partial charge in [0, 0.05) is 12.6 Å². The number of rotatable bonds is 3. The summed E-state index contributed by atoms with van der Waals surface area (Å²) < 4.78 is 10.8. The van der Waals surface area contributed by atoms with Gasteiger partial charge in [-0.05, 0) is 31.9 Å². The minimum absolute atomic E-state index is 0.127. The van der Waals surface area contributed by atoms with Crippen LogP contribution in [0.3, 0.4) is 0 Å². The van der Waals surface area contributed by atoms with Gasteiger partial charge in [-0.3, -0.25) is 4.79 Å². The number of fused-ring (bicyclic) bond motifs is 1. The highest BCUT2D eigenvalue weighted by Crippen LogP contribution is 2.28. The Morgan fingerprint density at radius 3 is 3.04 bits per heavy atom. The largest absolute Gasteiger partial charge is 0.423 e. The lowest BCUT2D eigenvalue weighted by Crippen LogP contribution is -2.40. The number of nitrogens with one attached hydrogen (secondary N) is 1. The maximum Gasteiger partial charge on any atom is 0.299 e. The fraction of sp³-hybridized carbons (Fsp3) is 0.312. The first-order valence-corrected chi connectivity index (χ1v) is 7.57. The lowest BCUT2D eigenvalue weighted by molar-refractivity contribution is -0.117. The van der Waals surface area contributed by atoms with Crippen molar-refractivity contribution in [3.8, 4) is 0 Å². The Hall–Kier alpha value is -2.83. The van der Waals surface area contributed by atoms with Crippen molar-refractivity contribution in [3.63, 3.8) is 0 Å². The van der Waals surface area contributed by atoms with E-state index in [4.69, 9.17) is 8.94 Å². The van der Waals surface area contributed by atoms with Gasteiger partial charge in [-0.25, -0.2) is 0 Å². The number of amides is 1. The summed E-state index contributed by atoms with van der Waals surface area (Å²) in [6.45, 7) is 2.52. The number of aromatic nitrogens is 2. The summed E-state index contributed by atoms with van der Waals surface area (Å²) >= 11 is 0. The van der Waals surface area contributed by atoms with Crippen LogP contribution in [0.5, 0.6) is 0 Å². The third-order valence-electron chi connectivity index (χ3n) is 3.96. The van der Waals surface area contributed by atoms with Crippen molar-refractivity contribution in [2.75, 3.05) is 16.8 Å². The first-order valence-electron chi connectivity index (χ1n) is 7.57. The second-order valence-corrected chi connectivity index (χ2v) is 5.63. The Morgan fingerprint density at radius 1 is 1.39 bits per heavy atom. The molecule has 0 unspecified atom stereocenters. The number of anilines is 2. The van der Waals surface area contributed by atoms with Crippen LogP contribution in [0.1, 0.15) is 18.6 Å². The molecule has 0 spiro atoms. The minimum Gasteiger partial charge on any atom is -0.423 e. The van der Waals surface area contributed by atoms with Gasteiger partial charge in [0.2, 0.25) is 5.91 Å². The van der Waals surface area contributed by atoms with Gasteiger partial charge < -0.3 is 19.2 Å². The average molecular weight is 312 g/mol. The number of hydrogen-bond acceptors (Lipinski definition) is 6. The first kappa shape index (κ1) is 13.8. The summed E-state index contributed by atoms with van der Waals surface area (Å²) in [4.78, 5) is 18.9. The van der Waals surface area contributed by atoms with Gasteiger partial charge in [-0.1, -0.05) is 17.3 Å². The van der Waals surface area contributed by atoms with Crippen LogP contribution in [-0.2, 0) is 4.79 Å². The van der Waals surface area contributed by atoms with Crippen LogP contribution in [0.25, 0.3) is 11.1 Å². The van der Waals surface area contributed by atoms with E-state index in [2.05, 4.69) is 15.5 Å². The Bertz CT molecular complexity index is 821. The van der Waals surface area contributed by atoms with Crippen molar-refractivity contribution in [1.82, 2.24) is 10.1 Å². The summed E-state index contributed by atoms with van der Waals surface area (Å²) in [6.07, 6.45) is 1.66. The lowest BCUT2D eigenvalue weighted by atomic mass is 10.2. The molecule has 7 heteroatoms. The Balaban J connectivity index is 1.57. The predicted octanol–water partition coefficient (Wildman–Crippen LogP) is 2.73. The highest BCUT2D eigenvalue weighted by Gasteiger charge is 2.34. The van der Waals surface area contributed by atoms with Crippen LogP contribution >= 0.6 is 0 Å². The molecule has 1 amide bonds. The summed E-state index contributed by atoms with van der Waals surface area (Å²) in [6, 6.07) is 9.44. The molecule has 0 aliphatic carbocycles. The zero-order valence-electron chi connectivity index (χ0n) is 12.7. The molecular weight excluding hydrogens is 296 g/mol. The fourth-order valence-corrected chi connectivity index (χ4v) is 2.89. The molecule has 1 atom stereocenters. The van der Waals surface area contributed by atoms with Gasteiger partial charge in [0.25, 0.3) is 6.01 Å². The normalized spacial score (nSPS) is 17.8. The molecule has 0 radical (unpaired) electrons. The van der Waals surface area contributed by atoms with E-state index in [1.165, 1.54) is 0 Å². The molecule has 1 aliphatic heterocycles. The highest BCUT2D eigenvalue weighted by atomic mass is 16.5. The molecule has 3 aromatic rings. The van der Waals surface area contributed by atoms with E-state index in [1.54, 1.807) is 13.0 Å². The van der Waals surface area contributed by atoms with Gasteiger partial charge in [0.1, 0.15) is 17.3 Å². The molecule has 1 aliphatic rings. The number of carbonyl (C=O) groups is 1. The van der Waals surface area contributed by atoms with Crippen LogP contribution in [0, 0.1) is 6.92 Å². The van der Waals surface area contributed by atoms with Gasteiger partial charge >= 0.3 is 0 Å². The number of benzene rings is 1. The zero-order chi connectivity index (χ0) is 15.8. The van der Waals surface area contributed by atoms with Crippen molar-refractivity contribution in [2.45, 2.75) is 25.8 Å². The van der Waals surface area contributed by atoms with Crippen LogP contribution in [0.15, 0.2) is 39.3 Å². The van der Waals surface area contributed by atoms with Crippen LogP contribution in [-0.4, -0.2) is 28.6 Å². The van der Waals surface area contributed by atoms with E-state index in [-0.39, 0.29) is 11.9 Å². The third-order valence-corrected chi connectivity index (χ3v) is 3.96. The maximum absolute atomic E-state index is 12.5. The van der Waals surface area contributed by atoms with E-state index in [0.717, 1.165) is 30.5 Å². The number of oxazole rings is 1. The quantitative estimate of drug-likeness (QED) is 0.800. The monoisotopic (exact) mass is 312 g/mol. The zero-order valence-corrected chi connectivity index (χ0v) is 12.7. The molecule has 3 heterocycles. The molecule has 23 heavy (non-hydrogen) atoms. The summed E-state index contributed by atoms with van der Waals surface area (Å²) in [7, 11) is 0. The molecule has 1 saturated heterocycles. The molecular formula is C16H16N4O3. The van der Waals surface area contributed by atoms with Crippen molar-refractivity contribution >= 4 is 28.8 Å². The van der Waals surface area contributed by atoms with E-state index in [0.29, 0.717) is 17.6 Å². The molecule has 1 fully saturated rings. The molecule has 2 aromatic heterocycles.